The van der Waals surface area contributed by atoms with Crippen LogP contribution in [0.4, 0.5) is 0 Å². The van der Waals surface area contributed by atoms with Crippen LogP contribution < -0.4 is 24.4 Å². The van der Waals surface area contributed by atoms with Gasteiger partial charge in [0.2, 0.25) is 16.9 Å². The van der Waals surface area contributed by atoms with Gasteiger partial charge in [0.1, 0.15) is 59.1 Å². The number of aryl methyl sites for hydroxylation is 1. The lowest BCUT2D eigenvalue weighted by atomic mass is 9.89. The van der Waals surface area contributed by atoms with Gasteiger partial charge in [0, 0.05) is 53.7 Å². The number of hydrogen-bond acceptors (Lipinski definition) is 17. The lowest BCUT2D eigenvalue weighted by molar-refractivity contribution is -0.938. The predicted octanol–water partition coefficient (Wildman–Crippen LogP) is 5.61. The second kappa shape index (κ2) is 22.3. The van der Waals surface area contributed by atoms with E-state index in [1.807, 2.05) is 30.3 Å². The number of rotatable bonds is 19. The topological polar surface area (TPSA) is 204 Å². The molecule has 4 atom stereocenters. The molecule has 4 aliphatic rings. The van der Waals surface area contributed by atoms with Gasteiger partial charge >= 0.3 is 20.0 Å². The second-order valence-electron chi connectivity index (χ2n) is 20.5. The minimum atomic E-state index is -1.56. The average molecular weight is 1070 g/mol. The molecule has 4 aromatic rings. The lowest BCUT2D eigenvalue weighted by Crippen LogP contribution is -2.66. The second-order valence-corrected chi connectivity index (χ2v) is 22.7. The van der Waals surface area contributed by atoms with Crippen molar-refractivity contribution < 1.29 is 61.6 Å². The number of carbonyl (C=O) groups excluding carboxylic acids is 5. The van der Waals surface area contributed by atoms with Crippen molar-refractivity contribution in [2.75, 3.05) is 59.8 Å². The number of thiazole rings is 1. The fourth-order valence-corrected chi connectivity index (χ4v) is 12.0. The molecule has 2 radical (unpaired) electrons. The van der Waals surface area contributed by atoms with E-state index < -0.39 is 51.6 Å². The molecule has 4 aliphatic heterocycles. The minimum absolute atomic E-state index is 0.0333. The van der Waals surface area contributed by atoms with Gasteiger partial charge in [0.15, 0.2) is 17.2 Å². The number of nitrogens with zero attached hydrogens (tertiary/aromatic N) is 6. The highest BCUT2D eigenvalue weighted by Crippen LogP contribution is 2.47. The highest BCUT2D eigenvalue weighted by atomic mass is 32.2. The van der Waals surface area contributed by atoms with Crippen molar-refractivity contribution in [3.63, 3.8) is 0 Å². The first-order chi connectivity index (χ1) is 35.7. The van der Waals surface area contributed by atoms with E-state index in [1.165, 1.54) is 47.9 Å². The van der Waals surface area contributed by atoms with E-state index in [9.17, 15) is 28.8 Å². The van der Waals surface area contributed by atoms with E-state index in [0.29, 0.717) is 64.2 Å². The number of aromatic nitrogens is 2. The first kappa shape index (κ1) is 54.6. The third-order valence-corrected chi connectivity index (χ3v) is 16.1. The number of amides is 2. The van der Waals surface area contributed by atoms with E-state index in [2.05, 4.69) is 10.1 Å². The maximum atomic E-state index is 14.8. The molecule has 1 unspecified atom stereocenters. The number of oxime groups is 1. The summed E-state index contributed by atoms with van der Waals surface area (Å²) in [5.74, 6) is -1.44. The third-order valence-electron chi connectivity index (χ3n) is 13.9. The Morgan fingerprint density at radius 3 is 2.33 bits per heavy atom. The summed E-state index contributed by atoms with van der Waals surface area (Å²) >= 11 is 2.74. The van der Waals surface area contributed by atoms with Crippen molar-refractivity contribution in [3.8, 4) is 23.0 Å². The van der Waals surface area contributed by atoms with E-state index in [4.69, 9.17) is 41.2 Å². The molecule has 0 bridgehead atoms. The number of benzene rings is 2. The quantitative estimate of drug-likeness (QED) is 0.0280. The molecule has 2 amide bonds. The Morgan fingerprint density at radius 1 is 0.933 bits per heavy atom. The van der Waals surface area contributed by atoms with Crippen LogP contribution in [-0.2, 0) is 46.6 Å². The SMILES string of the molecule is [B]OC(=O)C1=C(C[N+]23CCC[C@H]2CN(C(=O)c2cc(=O)c(OCc4ccc(OC)cc4)cn2Cc2ccc(OC)cc2OC)CC3)CS[C@@H]2[C@H](CC(=O)/C(=N\OC(C)(C)C(=O)OC(C)(C)C)c3csc(C)n3)C(=O)N12. The number of hydrogen-bond donors (Lipinski definition) is 0. The fourth-order valence-electron chi connectivity index (χ4n) is 9.95. The number of piperazine rings is 1. The molecule has 2 aromatic heterocycles. The summed E-state index contributed by atoms with van der Waals surface area (Å²) in [7, 11) is 10.2. The zero-order valence-electron chi connectivity index (χ0n) is 43.7. The van der Waals surface area contributed by atoms with Crippen LogP contribution >= 0.6 is 23.1 Å². The number of thioether (sulfide) groups is 1. The van der Waals surface area contributed by atoms with Crippen LogP contribution in [0, 0.1) is 12.8 Å². The van der Waals surface area contributed by atoms with E-state index in [-0.39, 0.29) is 60.1 Å². The van der Waals surface area contributed by atoms with Crippen molar-refractivity contribution in [3.05, 3.63) is 109 Å². The Kier molecular flexibility index (Phi) is 16.2. The average Bonchev–Trinajstić information content (AvgIpc) is 4.03. The number of methoxy groups -OCH3 is 3. The Labute approximate surface area is 445 Å². The molecule has 8 rings (SSSR count). The minimum Gasteiger partial charge on any atom is -0.539 e. The molecule has 22 heteroatoms. The van der Waals surface area contributed by atoms with Crippen LogP contribution in [0.2, 0.25) is 0 Å². The summed E-state index contributed by atoms with van der Waals surface area (Å²) in [6.07, 6.45) is 2.96. The molecule has 2 aromatic carbocycles. The van der Waals surface area contributed by atoms with Crippen molar-refractivity contribution in [2.45, 2.75) is 96.6 Å². The number of pyridine rings is 1. The summed E-state index contributed by atoms with van der Waals surface area (Å²) < 4.78 is 35.1. The first-order valence-electron chi connectivity index (χ1n) is 24.6. The van der Waals surface area contributed by atoms with Gasteiger partial charge in [0.25, 0.3) is 5.91 Å². The molecule has 6 heterocycles. The van der Waals surface area contributed by atoms with Gasteiger partial charge in [-0.1, -0.05) is 17.3 Å². The highest BCUT2D eigenvalue weighted by molar-refractivity contribution is 8.00. The smallest absolute Gasteiger partial charge is 0.378 e. The van der Waals surface area contributed by atoms with Gasteiger partial charge in [-0.05, 0) is 71.4 Å². The predicted molar refractivity (Wildman–Crippen MR) is 280 cm³/mol. The highest BCUT2D eigenvalue weighted by Gasteiger charge is 2.56. The van der Waals surface area contributed by atoms with Gasteiger partial charge in [-0.3, -0.25) is 24.1 Å². The number of β-lactam (4-membered cyclic amide) rings is 1. The molecule has 3 fully saturated rings. The molecule has 75 heavy (non-hydrogen) atoms. The molecule has 0 N–H and O–H groups in total. The van der Waals surface area contributed by atoms with Crippen LogP contribution in [-0.4, -0.2) is 150 Å². The maximum Gasteiger partial charge on any atom is 0.378 e. The van der Waals surface area contributed by atoms with Crippen LogP contribution in [0.15, 0.2) is 81.3 Å². The van der Waals surface area contributed by atoms with Gasteiger partial charge in [-0.15, -0.1) is 23.1 Å². The van der Waals surface area contributed by atoms with E-state index in [1.54, 1.807) is 82.2 Å². The van der Waals surface area contributed by atoms with Crippen LogP contribution in [0.1, 0.15) is 86.2 Å². The van der Waals surface area contributed by atoms with Crippen molar-refractivity contribution in [2.24, 2.45) is 11.1 Å². The molecule has 0 aliphatic carbocycles. The number of quaternary nitrogens is 1. The lowest BCUT2D eigenvalue weighted by Gasteiger charge is -2.52. The van der Waals surface area contributed by atoms with Gasteiger partial charge < -0.3 is 47.1 Å². The summed E-state index contributed by atoms with van der Waals surface area (Å²) in [6, 6.07) is 14.0. The number of esters is 1. The number of ketones is 1. The first-order valence-corrected chi connectivity index (χ1v) is 26.5. The molecular weight excluding hydrogens is 1000 g/mol. The van der Waals surface area contributed by atoms with Crippen LogP contribution in [0.3, 0.4) is 0 Å². The standard InChI is InChI=1S/C53H62BN6O13S2/c1-31-55-39(30-74-31)45(56-73-53(5,6)51(66)71-52(2,3)4)42(62)22-38-47(63)59-46(50(65)72-54)34(29-75-49(38)59)27-60-19-10-11-35(60)25-57(18-20-60)48(64)40-23-41(61)44(70-28-32-12-15-36(67-7)16-13-32)26-58(40)24-33-14-17-37(68-8)21-43(33)69-9/h12-17,21,23,26,30,35,38,49H,10-11,18-20,22,24-25,27-29H2,1-9H3/q+1/b56-45-/t35-,38+,49+,60?/m0/s1. The van der Waals surface area contributed by atoms with Gasteiger partial charge in [-0.2, -0.15) is 0 Å². The Bertz CT molecular complexity index is 2990. The van der Waals surface area contributed by atoms with Crippen molar-refractivity contribution >= 4 is 66.4 Å². The van der Waals surface area contributed by atoms with Crippen molar-refractivity contribution in [1.82, 2.24) is 19.4 Å². The number of Topliss-reactive ketones (excluding diaryl/α,β-unsaturated/α-hetero) is 1. The third kappa shape index (κ3) is 11.8. The van der Waals surface area contributed by atoms with Gasteiger partial charge in [0.05, 0.1) is 76.5 Å². The molecule has 0 spiro atoms. The van der Waals surface area contributed by atoms with Crippen LogP contribution in [0.25, 0.3) is 0 Å². The van der Waals surface area contributed by atoms with E-state index >= 15 is 0 Å². The Hall–Kier alpha value is -6.65. The number of ether oxygens (including phenoxy) is 5. The van der Waals surface area contributed by atoms with Gasteiger partial charge in [-0.25, -0.2) is 14.6 Å². The zero-order chi connectivity index (χ0) is 54.0. The maximum absolute atomic E-state index is 14.8. The monoisotopic (exact) mass is 1070 g/mol. The summed E-state index contributed by atoms with van der Waals surface area (Å²) in [5, 5.41) is 5.88. The molecular formula is C53H62BN6O13S2+. The van der Waals surface area contributed by atoms with Crippen molar-refractivity contribution in [1.29, 1.82) is 0 Å². The summed E-state index contributed by atoms with van der Waals surface area (Å²) in [4.78, 5) is 96.8. The van der Waals surface area contributed by atoms with E-state index in [0.717, 1.165) is 30.5 Å². The number of carbonyl (C=O) groups is 5. The fraction of sp³-hybridized carbons (Fsp3) is 0.472. The summed E-state index contributed by atoms with van der Waals surface area (Å²) in [5.41, 5.74) is -0.239. The Balaban J connectivity index is 1.00. The van der Waals surface area contributed by atoms with Crippen LogP contribution in [0.5, 0.6) is 23.0 Å². The summed E-state index contributed by atoms with van der Waals surface area (Å²) in [6.45, 7) is 12.6. The number of fused-ring (bicyclic) bond motifs is 2. The zero-order valence-corrected chi connectivity index (χ0v) is 45.3. The molecule has 3 saturated heterocycles. The normalized spacial score (nSPS) is 20.6. The molecule has 19 nitrogen and oxygen atoms in total. The largest absolute Gasteiger partial charge is 0.539 e. The Morgan fingerprint density at radius 2 is 1.67 bits per heavy atom. The molecule has 396 valence electrons. The molecule has 0 saturated carbocycles.